The van der Waals surface area contributed by atoms with Crippen LogP contribution >= 0.6 is 0 Å². The van der Waals surface area contributed by atoms with Crippen molar-refractivity contribution in [2.45, 2.75) is 13.8 Å². The van der Waals surface area contributed by atoms with E-state index in [1.165, 1.54) is 0 Å². The first-order valence-electron chi connectivity index (χ1n) is 5.47. The minimum absolute atomic E-state index is 0.192. The lowest BCUT2D eigenvalue weighted by Crippen LogP contribution is -1.98. The van der Waals surface area contributed by atoms with Gasteiger partial charge in [0.05, 0.1) is 17.0 Å². The highest BCUT2D eigenvalue weighted by Crippen LogP contribution is 2.15. The second kappa shape index (κ2) is 6.34. The number of aldehydes is 2. The molecule has 6 nitrogen and oxygen atoms in total. The van der Waals surface area contributed by atoms with Crippen LogP contribution in [0.25, 0.3) is 0 Å². The van der Waals surface area contributed by atoms with Gasteiger partial charge >= 0.3 is 5.97 Å². The van der Waals surface area contributed by atoms with E-state index in [-0.39, 0.29) is 5.56 Å². The van der Waals surface area contributed by atoms with Gasteiger partial charge in [0.15, 0.2) is 12.6 Å². The number of aromatic amines is 2. The number of carboxylic acids is 1. The number of nitrogens with one attached hydrogen (secondary N) is 2. The molecule has 0 spiro atoms. The first kappa shape index (κ1) is 14.4. The number of carbonyl (C=O) groups is 3. The molecule has 0 fully saturated rings. The van der Waals surface area contributed by atoms with Crippen LogP contribution < -0.4 is 0 Å². The smallest absolute Gasteiger partial charge is 0.337 e. The van der Waals surface area contributed by atoms with E-state index in [4.69, 9.17) is 5.11 Å². The van der Waals surface area contributed by atoms with Crippen LogP contribution in [0.15, 0.2) is 18.3 Å². The van der Waals surface area contributed by atoms with Crippen LogP contribution in [0.4, 0.5) is 0 Å². The number of carboxylic acid groups (broad SMARTS) is 1. The number of H-pyrrole nitrogens is 2. The highest BCUT2D eigenvalue weighted by molar-refractivity contribution is 5.94. The van der Waals surface area contributed by atoms with Gasteiger partial charge in [-0.2, -0.15) is 0 Å². The minimum Gasteiger partial charge on any atom is -0.478 e. The molecule has 0 aliphatic rings. The summed E-state index contributed by atoms with van der Waals surface area (Å²) in [5, 5.41) is 8.72. The molecule has 19 heavy (non-hydrogen) atoms. The Morgan fingerprint density at radius 2 is 1.95 bits per heavy atom. The Kier molecular flexibility index (Phi) is 4.82. The third-order valence-corrected chi connectivity index (χ3v) is 2.56. The van der Waals surface area contributed by atoms with Gasteiger partial charge in [-0.1, -0.05) is 0 Å². The molecule has 0 amide bonds. The molecule has 0 saturated carbocycles. The summed E-state index contributed by atoms with van der Waals surface area (Å²) < 4.78 is 0. The van der Waals surface area contributed by atoms with E-state index in [0.29, 0.717) is 28.9 Å². The summed E-state index contributed by atoms with van der Waals surface area (Å²) in [4.78, 5) is 36.3. The molecule has 0 bridgehead atoms. The van der Waals surface area contributed by atoms with Crippen LogP contribution in [0.5, 0.6) is 0 Å². The number of rotatable bonds is 3. The second-order valence-corrected chi connectivity index (χ2v) is 3.83. The van der Waals surface area contributed by atoms with E-state index in [2.05, 4.69) is 9.97 Å². The molecule has 2 rings (SSSR count). The fourth-order valence-corrected chi connectivity index (χ4v) is 1.63. The Hall–Kier alpha value is -2.63. The van der Waals surface area contributed by atoms with Crippen molar-refractivity contribution in [3.8, 4) is 0 Å². The third kappa shape index (κ3) is 3.41. The molecule has 100 valence electrons. The predicted octanol–water partition coefficient (Wildman–Crippen LogP) is 1.97. The van der Waals surface area contributed by atoms with Crippen LogP contribution in [0, 0.1) is 13.8 Å². The molecule has 0 aliphatic heterocycles. The Balaban J connectivity index is 0.000000218. The minimum atomic E-state index is -1.01. The number of aryl methyl sites for hydroxylation is 1. The lowest BCUT2D eigenvalue weighted by atomic mass is 10.1. The molecule has 2 aromatic heterocycles. The maximum Gasteiger partial charge on any atom is 0.337 e. The molecule has 0 radical (unpaired) electrons. The molecule has 0 saturated heterocycles. The lowest BCUT2D eigenvalue weighted by Gasteiger charge is -1.92. The molecule has 0 unspecified atom stereocenters. The van der Waals surface area contributed by atoms with Crippen LogP contribution in [0.1, 0.15) is 42.6 Å². The zero-order valence-corrected chi connectivity index (χ0v) is 10.6. The largest absolute Gasteiger partial charge is 0.478 e. The van der Waals surface area contributed by atoms with E-state index >= 15 is 0 Å². The summed E-state index contributed by atoms with van der Waals surface area (Å²) in [5.74, 6) is -1.01. The van der Waals surface area contributed by atoms with Gasteiger partial charge < -0.3 is 15.1 Å². The van der Waals surface area contributed by atoms with Crippen molar-refractivity contribution in [3.63, 3.8) is 0 Å². The Morgan fingerprint density at radius 1 is 1.26 bits per heavy atom. The van der Waals surface area contributed by atoms with E-state index in [0.717, 1.165) is 6.29 Å². The number of carbonyl (C=O) groups excluding carboxylic acids is 2. The average molecular weight is 262 g/mol. The summed E-state index contributed by atoms with van der Waals surface area (Å²) in [6.45, 7) is 3.24. The van der Waals surface area contributed by atoms with Gasteiger partial charge in [-0.3, -0.25) is 9.59 Å². The number of aromatic carboxylic acids is 1. The summed E-state index contributed by atoms with van der Waals surface area (Å²) in [5.41, 5.74) is 2.17. The van der Waals surface area contributed by atoms with E-state index in [9.17, 15) is 14.4 Å². The number of hydrogen-bond donors (Lipinski definition) is 3. The van der Waals surface area contributed by atoms with Gasteiger partial charge in [-0.15, -0.1) is 0 Å². The molecular formula is C13H14N2O4. The van der Waals surface area contributed by atoms with E-state index in [1.54, 1.807) is 32.2 Å². The predicted molar refractivity (Wildman–Crippen MR) is 68.8 cm³/mol. The monoisotopic (exact) mass is 262 g/mol. The van der Waals surface area contributed by atoms with Gasteiger partial charge in [-0.05, 0) is 31.5 Å². The average Bonchev–Trinajstić information content (AvgIpc) is 2.97. The summed E-state index contributed by atoms with van der Waals surface area (Å²) in [6, 6.07) is 3.50. The Bertz CT molecular complexity index is 582. The maximum atomic E-state index is 10.6. The molecular weight excluding hydrogens is 248 g/mol. The zero-order chi connectivity index (χ0) is 14.4. The fraction of sp³-hybridized carbons (Fsp3) is 0.154. The topological polar surface area (TPSA) is 103 Å². The number of aromatic nitrogens is 2. The van der Waals surface area contributed by atoms with Crippen molar-refractivity contribution in [1.29, 1.82) is 0 Å². The maximum absolute atomic E-state index is 10.6. The SMILES string of the molecule is Cc1[nH]c(C=O)c(C)c1C(=O)O.O=Cc1ccc[nH]1. The van der Waals surface area contributed by atoms with E-state index in [1.807, 2.05) is 0 Å². The lowest BCUT2D eigenvalue weighted by molar-refractivity contribution is 0.0695. The van der Waals surface area contributed by atoms with Gasteiger partial charge in [0, 0.05) is 11.9 Å². The first-order valence-corrected chi connectivity index (χ1v) is 5.47. The summed E-state index contributed by atoms with van der Waals surface area (Å²) in [6.07, 6.45) is 3.11. The van der Waals surface area contributed by atoms with Gasteiger partial charge in [0.2, 0.25) is 0 Å². The Labute approximate surface area is 109 Å². The second-order valence-electron chi connectivity index (χ2n) is 3.83. The van der Waals surface area contributed by atoms with Crippen molar-refractivity contribution in [2.75, 3.05) is 0 Å². The van der Waals surface area contributed by atoms with Gasteiger partial charge in [-0.25, -0.2) is 4.79 Å². The quantitative estimate of drug-likeness (QED) is 0.735. The molecule has 0 aromatic carbocycles. The van der Waals surface area contributed by atoms with Crippen molar-refractivity contribution in [2.24, 2.45) is 0 Å². The highest BCUT2D eigenvalue weighted by atomic mass is 16.4. The first-order chi connectivity index (χ1) is 9.01. The standard InChI is InChI=1S/C8H9NO3.C5H5NO/c1-4-6(3-10)9-5(2)7(4)8(11)12;7-4-5-2-1-3-6-5/h3,9H,1-2H3,(H,11,12);1-4,6H. The number of hydrogen-bond acceptors (Lipinski definition) is 3. The molecule has 6 heteroatoms. The molecule has 2 heterocycles. The molecule has 0 aliphatic carbocycles. The summed E-state index contributed by atoms with van der Waals surface area (Å²) in [7, 11) is 0. The van der Waals surface area contributed by atoms with Gasteiger partial charge in [0.1, 0.15) is 0 Å². The van der Waals surface area contributed by atoms with Crippen LogP contribution in [-0.4, -0.2) is 33.6 Å². The van der Waals surface area contributed by atoms with Gasteiger partial charge in [0.25, 0.3) is 0 Å². The van der Waals surface area contributed by atoms with E-state index < -0.39 is 5.97 Å². The normalized spacial score (nSPS) is 9.37. The molecule has 2 aromatic rings. The van der Waals surface area contributed by atoms with Crippen molar-refractivity contribution >= 4 is 18.5 Å². The fourth-order valence-electron chi connectivity index (χ4n) is 1.63. The van der Waals surface area contributed by atoms with Crippen molar-refractivity contribution < 1.29 is 19.5 Å². The van der Waals surface area contributed by atoms with Crippen LogP contribution in [-0.2, 0) is 0 Å². The summed E-state index contributed by atoms with van der Waals surface area (Å²) >= 11 is 0. The zero-order valence-electron chi connectivity index (χ0n) is 10.6. The molecule has 3 N–H and O–H groups in total. The van der Waals surface area contributed by atoms with Crippen LogP contribution in [0.3, 0.4) is 0 Å². The van der Waals surface area contributed by atoms with Crippen molar-refractivity contribution in [1.82, 2.24) is 9.97 Å². The molecule has 0 atom stereocenters. The van der Waals surface area contributed by atoms with Crippen molar-refractivity contribution in [3.05, 3.63) is 46.5 Å². The highest BCUT2D eigenvalue weighted by Gasteiger charge is 2.16. The van der Waals surface area contributed by atoms with Crippen LogP contribution in [0.2, 0.25) is 0 Å². The third-order valence-electron chi connectivity index (χ3n) is 2.56. The Morgan fingerprint density at radius 3 is 2.21 bits per heavy atom.